The largest absolute Gasteiger partial charge is 0.335 e. The highest BCUT2D eigenvalue weighted by molar-refractivity contribution is 6.04. The predicted molar refractivity (Wildman–Crippen MR) is 106 cm³/mol. The number of nitrogens with zero attached hydrogens (tertiary/aromatic N) is 3. The molecule has 142 valence electrons. The van der Waals surface area contributed by atoms with Gasteiger partial charge in [0, 0.05) is 25.0 Å². The molecule has 1 fully saturated rings. The monoisotopic (exact) mass is 374 g/mol. The van der Waals surface area contributed by atoms with Crippen LogP contribution in [0, 0.1) is 6.92 Å². The summed E-state index contributed by atoms with van der Waals surface area (Å²) in [4.78, 5) is 30.4. The number of hydrogen-bond acceptors (Lipinski definition) is 3. The third-order valence-electron chi connectivity index (χ3n) is 5.10. The molecule has 1 unspecified atom stereocenters. The van der Waals surface area contributed by atoms with E-state index in [-0.39, 0.29) is 11.9 Å². The molecule has 0 radical (unpaired) electrons. The van der Waals surface area contributed by atoms with Crippen molar-refractivity contribution in [3.8, 4) is 11.1 Å². The molecule has 2 aromatic carbocycles. The van der Waals surface area contributed by atoms with Gasteiger partial charge in [-0.1, -0.05) is 54.6 Å². The zero-order valence-electron chi connectivity index (χ0n) is 15.7. The number of carbonyl (C=O) groups is 2. The van der Waals surface area contributed by atoms with Crippen LogP contribution in [-0.4, -0.2) is 32.9 Å². The van der Waals surface area contributed by atoms with Crippen molar-refractivity contribution in [1.29, 1.82) is 0 Å². The van der Waals surface area contributed by atoms with Gasteiger partial charge in [-0.2, -0.15) is 0 Å². The van der Waals surface area contributed by atoms with E-state index in [4.69, 9.17) is 0 Å². The Kier molecular flexibility index (Phi) is 4.93. The second-order valence-corrected chi connectivity index (χ2v) is 6.96. The molecular formula is C22H22N4O2. The molecule has 0 saturated carbocycles. The van der Waals surface area contributed by atoms with Gasteiger partial charge in [0.05, 0.1) is 6.33 Å². The Morgan fingerprint density at radius 3 is 2.36 bits per heavy atom. The van der Waals surface area contributed by atoms with E-state index < -0.39 is 6.04 Å². The first-order valence-corrected chi connectivity index (χ1v) is 9.37. The minimum absolute atomic E-state index is 0.267. The van der Waals surface area contributed by atoms with E-state index >= 15 is 0 Å². The van der Waals surface area contributed by atoms with Crippen molar-refractivity contribution >= 4 is 11.9 Å². The van der Waals surface area contributed by atoms with Crippen molar-refractivity contribution in [2.75, 3.05) is 6.54 Å². The second kappa shape index (κ2) is 7.68. The Balaban J connectivity index is 1.49. The molecule has 0 spiro atoms. The third kappa shape index (κ3) is 3.53. The number of urea groups is 1. The summed E-state index contributed by atoms with van der Waals surface area (Å²) in [5.74, 6) is -0.267. The molecule has 6 heteroatoms. The fourth-order valence-corrected chi connectivity index (χ4v) is 3.59. The topological polar surface area (TPSA) is 67.2 Å². The summed E-state index contributed by atoms with van der Waals surface area (Å²) < 4.78 is 2.04. The van der Waals surface area contributed by atoms with Gasteiger partial charge in [0.1, 0.15) is 6.04 Å². The zero-order valence-corrected chi connectivity index (χ0v) is 15.7. The first-order chi connectivity index (χ1) is 13.6. The van der Waals surface area contributed by atoms with E-state index in [0.717, 1.165) is 35.3 Å². The predicted octanol–water partition coefficient (Wildman–Crippen LogP) is 3.54. The summed E-state index contributed by atoms with van der Waals surface area (Å²) in [5, 5.41) is 2.45. The number of imidazole rings is 1. The maximum atomic E-state index is 12.4. The summed E-state index contributed by atoms with van der Waals surface area (Å²) in [6.45, 7) is 3.25. The molecule has 4 rings (SSSR count). The fourth-order valence-electron chi connectivity index (χ4n) is 3.59. The van der Waals surface area contributed by atoms with Gasteiger partial charge in [0.15, 0.2) is 0 Å². The smallest absolute Gasteiger partial charge is 0.325 e. The van der Waals surface area contributed by atoms with Crippen LogP contribution in [0.5, 0.6) is 0 Å². The van der Waals surface area contributed by atoms with E-state index in [1.807, 2.05) is 72.3 Å². The average molecular weight is 374 g/mol. The third-order valence-corrected chi connectivity index (χ3v) is 5.10. The molecule has 1 aliphatic heterocycles. The Bertz CT molecular complexity index is 979. The number of aryl methyl sites for hydroxylation is 2. The number of amides is 3. The molecule has 1 atom stereocenters. The summed E-state index contributed by atoms with van der Waals surface area (Å²) in [7, 11) is 0. The van der Waals surface area contributed by atoms with E-state index in [0.29, 0.717) is 6.54 Å². The molecule has 1 aromatic heterocycles. The first-order valence-electron chi connectivity index (χ1n) is 9.37. The molecule has 1 aliphatic rings. The Morgan fingerprint density at radius 1 is 0.964 bits per heavy atom. The van der Waals surface area contributed by atoms with Crippen LogP contribution in [0.25, 0.3) is 11.1 Å². The van der Waals surface area contributed by atoms with E-state index in [1.165, 1.54) is 0 Å². The minimum Gasteiger partial charge on any atom is -0.335 e. The molecular weight excluding hydrogens is 352 g/mol. The molecule has 3 aromatic rings. The Labute approximate surface area is 163 Å². The lowest BCUT2D eigenvalue weighted by molar-refractivity contribution is -0.121. The van der Waals surface area contributed by atoms with Crippen LogP contribution >= 0.6 is 0 Å². The number of benzene rings is 2. The SMILES string of the molecule is Cc1cncn1CCCN1C(=O)NC(=O)C1c1ccc(-c2ccccc2)cc1. The first kappa shape index (κ1) is 18.0. The summed E-state index contributed by atoms with van der Waals surface area (Å²) in [5.41, 5.74) is 4.10. The average Bonchev–Trinajstić information content (AvgIpc) is 3.25. The molecule has 6 nitrogen and oxygen atoms in total. The fraction of sp³-hybridized carbons (Fsp3) is 0.227. The van der Waals surface area contributed by atoms with Gasteiger partial charge in [-0.25, -0.2) is 9.78 Å². The summed E-state index contributed by atoms with van der Waals surface area (Å²) >= 11 is 0. The lowest BCUT2D eigenvalue weighted by Gasteiger charge is -2.22. The van der Waals surface area contributed by atoms with Crippen LogP contribution in [0.15, 0.2) is 67.1 Å². The van der Waals surface area contributed by atoms with Crippen LogP contribution in [0.4, 0.5) is 4.79 Å². The Hall–Kier alpha value is -3.41. The van der Waals surface area contributed by atoms with Gasteiger partial charge in [-0.15, -0.1) is 0 Å². The number of aromatic nitrogens is 2. The van der Waals surface area contributed by atoms with Gasteiger partial charge in [0.2, 0.25) is 0 Å². The van der Waals surface area contributed by atoms with Gasteiger partial charge < -0.3 is 9.47 Å². The molecule has 1 N–H and O–H groups in total. The van der Waals surface area contributed by atoms with Crippen LogP contribution < -0.4 is 5.32 Å². The standard InChI is InChI=1S/C22H22N4O2/c1-16-14-23-15-25(16)12-5-13-26-20(21(27)24-22(26)28)19-10-8-18(9-11-19)17-6-3-2-4-7-17/h2-4,6-11,14-15,20H,5,12-13H2,1H3,(H,24,27,28). The highest BCUT2D eigenvalue weighted by Gasteiger charge is 2.38. The van der Waals surface area contributed by atoms with Crippen LogP contribution in [0.3, 0.4) is 0 Å². The van der Waals surface area contributed by atoms with Crippen molar-refractivity contribution in [2.45, 2.75) is 25.9 Å². The number of hydrogen-bond donors (Lipinski definition) is 1. The maximum absolute atomic E-state index is 12.4. The van der Waals surface area contributed by atoms with Crippen molar-refractivity contribution in [3.63, 3.8) is 0 Å². The van der Waals surface area contributed by atoms with Crippen molar-refractivity contribution in [3.05, 3.63) is 78.4 Å². The van der Waals surface area contributed by atoms with Crippen LogP contribution in [-0.2, 0) is 11.3 Å². The Morgan fingerprint density at radius 2 is 1.68 bits per heavy atom. The second-order valence-electron chi connectivity index (χ2n) is 6.96. The quantitative estimate of drug-likeness (QED) is 0.671. The minimum atomic E-state index is -0.582. The molecule has 0 bridgehead atoms. The normalized spacial score (nSPS) is 16.5. The van der Waals surface area contributed by atoms with Crippen molar-refractivity contribution in [2.24, 2.45) is 0 Å². The van der Waals surface area contributed by atoms with Crippen LogP contribution in [0.1, 0.15) is 23.7 Å². The van der Waals surface area contributed by atoms with Gasteiger partial charge >= 0.3 is 6.03 Å². The number of nitrogens with one attached hydrogen (secondary N) is 1. The highest BCUT2D eigenvalue weighted by atomic mass is 16.2. The summed E-state index contributed by atoms with van der Waals surface area (Å²) in [6.07, 6.45) is 4.34. The van der Waals surface area contributed by atoms with Crippen molar-refractivity contribution in [1.82, 2.24) is 19.8 Å². The number of imide groups is 1. The molecule has 3 amide bonds. The van der Waals surface area contributed by atoms with Gasteiger partial charge in [-0.3, -0.25) is 10.1 Å². The molecule has 0 aliphatic carbocycles. The number of carbonyl (C=O) groups excluding carboxylic acids is 2. The molecule has 1 saturated heterocycles. The summed E-state index contributed by atoms with van der Waals surface area (Å²) in [6, 6.07) is 17.0. The van der Waals surface area contributed by atoms with E-state index in [1.54, 1.807) is 11.2 Å². The molecule has 2 heterocycles. The maximum Gasteiger partial charge on any atom is 0.325 e. The molecule has 28 heavy (non-hydrogen) atoms. The van der Waals surface area contributed by atoms with Gasteiger partial charge in [-0.05, 0) is 30.0 Å². The van der Waals surface area contributed by atoms with Crippen molar-refractivity contribution < 1.29 is 9.59 Å². The van der Waals surface area contributed by atoms with Crippen LogP contribution in [0.2, 0.25) is 0 Å². The van der Waals surface area contributed by atoms with E-state index in [9.17, 15) is 9.59 Å². The lowest BCUT2D eigenvalue weighted by atomic mass is 10.00. The zero-order chi connectivity index (χ0) is 19.5. The lowest BCUT2D eigenvalue weighted by Crippen LogP contribution is -2.31. The van der Waals surface area contributed by atoms with Gasteiger partial charge in [0.25, 0.3) is 5.91 Å². The van der Waals surface area contributed by atoms with E-state index in [2.05, 4.69) is 10.3 Å². The number of rotatable bonds is 6. The highest BCUT2D eigenvalue weighted by Crippen LogP contribution is 2.28.